The van der Waals surface area contributed by atoms with Crippen LogP contribution < -0.4 is 5.32 Å². The van der Waals surface area contributed by atoms with Crippen LogP contribution in [0.1, 0.15) is 24.8 Å². The fourth-order valence-corrected chi connectivity index (χ4v) is 2.34. The SMILES string of the molecule is O=C(O)C1CCCC1NCc1ccccc1. The lowest BCUT2D eigenvalue weighted by Gasteiger charge is -2.17. The van der Waals surface area contributed by atoms with E-state index in [-0.39, 0.29) is 12.0 Å². The molecule has 1 aromatic rings. The molecule has 0 heterocycles. The van der Waals surface area contributed by atoms with Gasteiger partial charge in [0.25, 0.3) is 0 Å². The van der Waals surface area contributed by atoms with E-state index in [9.17, 15) is 4.79 Å². The topological polar surface area (TPSA) is 49.3 Å². The van der Waals surface area contributed by atoms with Crippen LogP contribution in [0.5, 0.6) is 0 Å². The lowest BCUT2D eigenvalue weighted by Crippen LogP contribution is -2.35. The van der Waals surface area contributed by atoms with E-state index in [0.717, 1.165) is 25.8 Å². The minimum absolute atomic E-state index is 0.137. The molecule has 1 saturated carbocycles. The van der Waals surface area contributed by atoms with Crippen molar-refractivity contribution in [2.24, 2.45) is 5.92 Å². The van der Waals surface area contributed by atoms with Crippen molar-refractivity contribution in [2.45, 2.75) is 31.8 Å². The van der Waals surface area contributed by atoms with Crippen LogP contribution >= 0.6 is 0 Å². The molecule has 3 heteroatoms. The van der Waals surface area contributed by atoms with Crippen molar-refractivity contribution in [3.05, 3.63) is 35.9 Å². The number of nitrogens with one attached hydrogen (secondary N) is 1. The number of rotatable bonds is 4. The van der Waals surface area contributed by atoms with Gasteiger partial charge in [-0.3, -0.25) is 4.79 Å². The lowest BCUT2D eigenvalue weighted by molar-refractivity contribution is -0.142. The Morgan fingerprint density at radius 2 is 2.06 bits per heavy atom. The Kier molecular flexibility index (Phi) is 3.57. The van der Waals surface area contributed by atoms with Crippen LogP contribution in [0, 0.1) is 5.92 Å². The number of carboxylic acid groups (broad SMARTS) is 1. The van der Waals surface area contributed by atoms with Gasteiger partial charge in [0.05, 0.1) is 5.92 Å². The fourth-order valence-electron chi connectivity index (χ4n) is 2.34. The molecule has 1 aliphatic rings. The average Bonchev–Trinajstić information content (AvgIpc) is 2.76. The molecule has 0 bridgehead atoms. The molecule has 3 nitrogen and oxygen atoms in total. The van der Waals surface area contributed by atoms with E-state index < -0.39 is 5.97 Å². The van der Waals surface area contributed by atoms with Gasteiger partial charge in [0.2, 0.25) is 0 Å². The van der Waals surface area contributed by atoms with Gasteiger partial charge in [0.15, 0.2) is 0 Å². The maximum Gasteiger partial charge on any atom is 0.308 e. The number of benzene rings is 1. The molecule has 16 heavy (non-hydrogen) atoms. The highest BCUT2D eigenvalue weighted by Crippen LogP contribution is 2.26. The van der Waals surface area contributed by atoms with E-state index in [1.807, 2.05) is 18.2 Å². The van der Waals surface area contributed by atoms with Crippen molar-refractivity contribution >= 4 is 5.97 Å². The van der Waals surface area contributed by atoms with Gasteiger partial charge >= 0.3 is 5.97 Å². The molecule has 2 atom stereocenters. The Morgan fingerprint density at radius 3 is 2.75 bits per heavy atom. The highest BCUT2D eigenvalue weighted by atomic mass is 16.4. The predicted octanol–water partition coefficient (Wildman–Crippen LogP) is 2.03. The second-order valence-electron chi connectivity index (χ2n) is 4.35. The summed E-state index contributed by atoms with van der Waals surface area (Å²) in [6, 6.07) is 10.2. The Labute approximate surface area is 95.5 Å². The van der Waals surface area contributed by atoms with E-state index in [4.69, 9.17) is 5.11 Å². The van der Waals surface area contributed by atoms with E-state index in [1.165, 1.54) is 5.56 Å². The summed E-state index contributed by atoms with van der Waals surface area (Å²) in [5, 5.41) is 12.4. The standard InChI is InChI=1S/C13H17NO2/c15-13(16)11-7-4-8-12(11)14-9-10-5-2-1-3-6-10/h1-3,5-6,11-12,14H,4,7-9H2,(H,15,16). The maximum atomic E-state index is 11.0. The Morgan fingerprint density at radius 1 is 1.31 bits per heavy atom. The summed E-state index contributed by atoms with van der Waals surface area (Å²) in [7, 11) is 0. The Bertz CT molecular complexity index is 350. The molecule has 86 valence electrons. The summed E-state index contributed by atoms with van der Waals surface area (Å²) in [6.45, 7) is 0.759. The number of aliphatic carboxylic acids is 1. The molecular formula is C13H17NO2. The van der Waals surface area contributed by atoms with Gasteiger partial charge in [0.1, 0.15) is 0 Å². The first-order valence-corrected chi connectivity index (χ1v) is 5.77. The molecule has 0 radical (unpaired) electrons. The van der Waals surface area contributed by atoms with Crippen molar-refractivity contribution in [3.63, 3.8) is 0 Å². The molecule has 0 aromatic heterocycles. The van der Waals surface area contributed by atoms with Crippen LogP contribution in [0.3, 0.4) is 0 Å². The predicted molar refractivity (Wildman–Crippen MR) is 62.0 cm³/mol. The van der Waals surface area contributed by atoms with Crippen molar-refractivity contribution in [1.29, 1.82) is 0 Å². The van der Waals surface area contributed by atoms with Gasteiger partial charge in [-0.05, 0) is 18.4 Å². The third kappa shape index (κ3) is 2.61. The summed E-state index contributed by atoms with van der Waals surface area (Å²) < 4.78 is 0. The van der Waals surface area contributed by atoms with Crippen molar-refractivity contribution in [3.8, 4) is 0 Å². The average molecular weight is 219 g/mol. The van der Waals surface area contributed by atoms with Crippen LogP contribution in [0.4, 0.5) is 0 Å². The zero-order chi connectivity index (χ0) is 11.4. The summed E-state index contributed by atoms with van der Waals surface area (Å²) in [4.78, 5) is 11.0. The van der Waals surface area contributed by atoms with E-state index in [0.29, 0.717) is 0 Å². The highest BCUT2D eigenvalue weighted by Gasteiger charge is 2.32. The van der Waals surface area contributed by atoms with Crippen LogP contribution in [0.25, 0.3) is 0 Å². The van der Waals surface area contributed by atoms with Crippen LogP contribution in [-0.4, -0.2) is 17.1 Å². The number of carboxylic acids is 1. The highest BCUT2D eigenvalue weighted by molar-refractivity contribution is 5.71. The molecule has 0 amide bonds. The van der Waals surface area contributed by atoms with Gasteiger partial charge in [-0.25, -0.2) is 0 Å². The molecular weight excluding hydrogens is 202 g/mol. The number of hydrogen-bond acceptors (Lipinski definition) is 2. The maximum absolute atomic E-state index is 11.0. The quantitative estimate of drug-likeness (QED) is 0.814. The molecule has 0 spiro atoms. The molecule has 0 saturated heterocycles. The van der Waals surface area contributed by atoms with Gasteiger partial charge in [-0.2, -0.15) is 0 Å². The van der Waals surface area contributed by atoms with Crippen LogP contribution in [0.2, 0.25) is 0 Å². The molecule has 2 N–H and O–H groups in total. The number of hydrogen-bond donors (Lipinski definition) is 2. The second-order valence-corrected chi connectivity index (χ2v) is 4.35. The molecule has 1 aromatic carbocycles. The zero-order valence-electron chi connectivity index (χ0n) is 9.23. The van der Waals surface area contributed by atoms with Crippen molar-refractivity contribution in [2.75, 3.05) is 0 Å². The lowest BCUT2D eigenvalue weighted by atomic mass is 10.0. The molecule has 1 aliphatic carbocycles. The minimum Gasteiger partial charge on any atom is -0.481 e. The summed E-state index contributed by atoms with van der Waals surface area (Å²) >= 11 is 0. The van der Waals surface area contributed by atoms with Crippen LogP contribution in [0.15, 0.2) is 30.3 Å². The Balaban J connectivity index is 1.88. The largest absolute Gasteiger partial charge is 0.481 e. The van der Waals surface area contributed by atoms with Gasteiger partial charge in [0, 0.05) is 12.6 Å². The Hall–Kier alpha value is -1.35. The second kappa shape index (κ2) is 5.12. The third-order valence-electron chi connectivity index (χ3n) is 3.24. The first-order valence-electron chi connectivity index (χ1n) is 5.77. The monoisotopic (exact) mass is 219 g/mol. The first kappa shape index (κ1) is 11.1. The van der Waals surface area contributed by atoms with E-state index in [2.05, 4.69) is 17.4 Å². The third-order valence-corrected chi connectivity index (χ3v) is 3.24. The van der Waals surface area contributed by atoms with Gasteiger partial charge in [-0.1, -0.05) is 36.8 Å². The van der Waals surface area contributed by atoms with E-state index in [1.54, 1.807) is 0 Å². The number of carbonyl (C=O) groups is 1. The van der Waals surface area contributed by atoms with Crippen molar-refractivity contribution < 1.29 is 9.90 Å². The van der Waals surface area contributed by atoms with Crippen molar-refractivity contribution in [1.82, 2.24) is 5.32 Å². The molecule has 0 aliphatic heterocycles. The summed E-state index contributed by atoms with van der Waals surface area (Å²) in [5.41, 5.74) is 1.21. The molecule has 2 unspecified atom stereocenters. The van der Waals surface area contributed by atoms with E-state index >= 15 is 0 Å². The zero-order valence-corrected chi connectivity index (χ0v) is 9.23. The minimum atomic E-state index is -0.664. The molecule has 1 fully saturated rings. The molecule has 2 rings (SSSR count). The summed E-state index contributed by atoms with van der Waals surface area (Å²) in [5.74, 6) is -0.869. The van der Waals surface area contributed by atoms with Gasteiger partial charge < -0.3 is 10.4 Å². The van der Waals surface area contributed by atoms with Gasteiger partial charge in [-0.15, -0.1) is 0 Å². The normalized spacial score (nSPS) is 24.5. The smallest absolute Gasteiger partial charge is 0.308 e. The fraction of sp³-hybridized carbons (Fsp3) is 0.462. The summed E-state index contributed by atoms with van der Waals surface area (Å²) in [6.07, 6.45) is 2.80. The van der Waals surface area contributed by atoms with Crippen LogP contribution in [-0.2, 0) is 11.3 Å². The first-order chi connectivity index (χ1) is 7.77.